The molecule has 0 saturated carbocycles. The van der Waals surface area contributed by atoms with Gasteiger partial charge in [0.05, 0.1) is 4.90 Å². The van der Waals surface area contributed by atoms with Gasteiger partial charge in [-0.15, -0.1) is 0 Å². The summed E-state index contributed by atoms with van der Waals surface area (Å²) in [6.07, 6.45) is 1.59. The minimum absolute atomic E-state index is 0.104. The van der Waals surface area contributed by atoms with Gasteiger partial charge in [0.15, 0.2) is 0 Å². The van der Waals surface area contributed by atoms with Gasteiger partial charge in [-0.05, 0) is 17.7 Å². The Morgan fingerprint density at radius 2 is 1.80 bits per heavy atom. The fraction of sp³-hybridized carbons (Fsp3) is 0.200. The summed E-state index contributed by atoms with van der Waals surface area (Å²) in [5.74, 6) is 0. The second kappa shape index (κ2) is 7.19. The van der Waals surface area contributed by atoms with Gasteiger partial charge in [-0.25, -0.2) is 0 Å². The fourth-order valence-electron chi connectivity index (χ4n) is 0.776. The van der Waals surface area contributed by atoms with E-state index in [-0.39, 0.29) is 4.90 Å². The van der Waals surface area contributed by atoms with Gasteiger partial charge in [-0.3, -0.25) is 4.55 Å². The van der Waals surface area contributed by atoms with Gasteiger partial charge >= 0.3 is 38.5 Å². The average molecular weight is 236 g/mol. The van der Waals surface area contributed by atoms with E-state index in [0.717, 1.165) is 5.56 Å². The molecule has 0 aliphatic rings. The number of hydrogen-bond donors (Lipinski definition) is 1. The molecule has 0 amide bonds. The molecule has 0 atom stereocenters. The summed E-state index contributed by atoms with van der Waals surface area (Å²) < 4.78 is 31.1. The van der Waals surface area contributed by atoms with Crippen LogP contribution in [0.3, 0.4) is 0 Å². The van der Waals surface area contributed by atoms with E-state index in [9.17, 15) is 8.42 Å². The van der Waals surface area contributed by atoms with Gasteiger partial charge in [0.1, 0.15) is 0 Å². The normalized spacial score (nSPS) is 10.1. The molecular formula is C10H13NaO3S. The van der Waals surface area contributed by atoms with Crippen molar-refractivity contribution in [3.8, 4) is 0 Å². The third-order valence-electron chi connectivity index (χ3n) is 1.41. The predicted molar refractivity (Wildman–Crippen MR) is 62.6 cm³/mol. The summed E-state index contributed by atoms with van der Waals surface area (Å²) >= 11 is 1.37. The maximum absolute atomic E-state index is 10.6. The second-order valence-corrected chi connectivity index (χ2v) is 5.79. The Bertz CT molecular complexity index is 395. The van der Waals surface area contributed by atoms with Crippen molar-refractivity contribution in [2.45, 2.75) is 15.5 Å². The molecule has 0 heterocycles. The molecule has 1 aromatic rings. The molecule has 0 aromatic heterocycles. The Kier molecular flexibility index (Phi) is 7.13. The first-order valence-corrected chi connectivity index (χ1v) is 7.51. The first-order chi connectivity index (χ1) is 6.95. The van der Waals surface area contributed by atoms with Crippen LogP contribution in [0.5, 0.6) is 0 Å². The van der Waals surface area contributed by atoms with Crippen LogP contribution >= 0.6 is 0 Å². The number of benzene rings is 1. The molecule has 0 unspecified atom stereocenters. The molecule has 0 aliphatic heterocycles. The maximum atomic E-state index is 10.6. The average Bonchev–Trinajstić information content (AvgIpc) is 2.18. The molecule has 1 aromatic carbocycles. The summed E-state index contributed by atoms with van der Waals surface area (Å²) in [6, 6.07) is 5.78. The summed E-state index contributed by atoms with van der Waals surface area (Å²) in [4.78, 5) is -0.104. The van der Waals surface area contributed by atoms with Crippen molar-refractivity contribution in [3.05, 3.63) is 36.4 Å². The third kappa shape index (κ3) is 6.12. The molecule has 3 nitrogen and oxygen atoms in total. The molecule has 1 rings (SSSR count). The van der Waals surface area contributed by atoms with Crippen LogP contribution in [0.1, 0.15) is 12.5 Å². The molecule has 78 valence electrons. The molecule has 0 fully saturated rings. The van der Waals surface area contributed by atoms with Crippen LogP contribution in [-0.2, 0) is 10.1 Å². The third-order valence-corrected chi connectivity index (χ3v) is 2.28. The molecule has 0 saturated heterocycles. The molecule has 5 heteroatoms. The standard InChI is InChI=1S/C8H8O3S.C2H5.Na/c1-2-7-3-5-8(6-4-7)12(9,10)11;1-2;/h2-6H,1H2,(H,9,10,11);1H2,2H3;. The first kappa shape index (κ1) is 14.9. The van der Waals surface area contributed by atoms with Crippen LogP contribution in [-0.4, -0.2) is 40.9 Å². The fourth-order valence-corrected chi connectivity index (χ4v) is 1.26. The van der Waals surface area contributed by atoms with Crippen LogP contribution in [0.2, 0.25) is 3.67 Å². The van der Waals surface area contributed by atoms with Crippen molar-refractivity contribution >= 4 is 44.1 Å². The zero-order valence-electron chi connectivity index (χ0n) is 8.97. The zero-order valence-corrected chi connectivity index (χ0v) is 11.8. The van der Waals surface area contributed by atoms with E-state index in [0.29, 0.717) is 0 Å². The summed E-state index contributed by atoms with van der Waals surface area (Å²) in [7, 11) is -4.06. The van der Waals surface area contributed by atoms with Crippen molar-refractivity contribution in [2.24, 2.45) is 0 Å². The first-order valence-electron chi connectivity index (χ1n) is 4.65. The van der Waals surface area contributed by atoms with Crippen molar-refractivity contribution in [1.29, 1.82) is 0 Å². The van der Waals surface area contributed by atoms with Gasteiger partial charge in [0.25, 0.3) is 10.1 Å². The van der Waals surface area contributed by atoms with Crippen LogP contribution in [0.4, 0.5) is 0 Å². The van der Waals surface area contributed by atoms with Crippen LogP contribution in [0, 0.1) is 0 Å². The monoisotopic (exact) mass is 236 g/mol. The Morgan fingerprint density at radius 3 is 2.07 bits per heavy atom. The van der Waals surface area contributed by atoms with E-state index in [4.69, 9.17) is 4.55 Å². The van der Waals surface area contributed by atoms with Gasteiger partial charge < -0.3 is 0 Å². The Morgan fingerprint density at radius 1 is 1.40 bits per heavy atom. The molecule has 1 N–H and O–H groups in total. The molecular weight excluding hydrogens is 223 g/mol. The summed E-state index contributed by atoms with van der Waals surface area (Å²) in [5, 5.41) is 0. The Balaban J connectivity index is 0.000000583. The number of rotatable bonds is 2. The molecule has 0 aliphatic carbocycles. The van der Waals surface area contributed by atoms with E-state index in [1.165, 1.54) is 43.7 Å². The predicted octanol–water partition coefficient (Wildman–Crippen LogP) is 2.17. The minimum atomic E-state index is -4.06. The van der Waals surface area contributed by atoms with Crippen LogP contribution in [0.15, 0.2) is 35.7 Å². The summed E-state index contributed by atoms with van der Waals surface area (Å²) in [5.41, 5.74) is 0.808. The summed E-state index contributed by atoms with van der Waals surface area (Å²) in [6.45, 7) is 5.70. The zero-order chi connectivity index (χ0) is 11.9. The van der Waals surface area contributed by atoms with E-state index in [2.05, 4.69) is 13.5 Å². The van der Waals surface area contributed by atoms with Crippen molar-refractivity contribution in [1.82, 2.24) is 0 Å². The SMILES string of the molecule is C=Cc1ccc(S(=O)(=O)O)cc1.C[CH2][Na]. The van der Waals surface area contributed by atoms with Crippen molar-refractivity contribution < 1.29 is 13.0 Å². The number of hydrogen-bond acceptors (Lipinski definition) is 2. The van der Waals surface area contributed by atoms with Gasteiger partial charge in [-0.2, -0.15) is 8.42 Å². The topological polar surface area (TPSA) is 54.4 Å². The molecule has 0 spiro atoms. The molecule has 0 radical (unpaired) electrons. The van der Waals surface area contributed by atoms with E-state index in [1.54, 1.807) is 18.2 Å². The van der Waals surface area contributed by atoms with Gasteiger partial charge in [0.2, 0.25) is 0 Å². The Labute approximate surface area is 108 Å². The van der Waals surface area contributed by atoms with Gasteiger partial charge in [0, 0.05) is 0 Å². The van der Waals surface area contributed by atoms with Crippen molar-refractivity contribution in [3.63, 3.8) is 0 Å². The van der Waals surface area contributed by atoms with Gasteiger partial charge in [-0.1, -0.05) is 24.8 Å². The van der Waals surface area contributed by atoms with E-state index < -0.39 is 10.1 Å². The van der Waals surface area contributed by atoms with Crippen LogP contribution < -0.4 is 0 Å². The van der Waals surface area contributed by atoms with Crippen LogP contribution in [0.25, 0.3) is 6.08 Å². The molecule has 15 heavy (non-hydrogen) atoms. The van der Waals surface area contributed by atoms with Crippen molar-refractivity contribution in [2.75, 3.05) is 0 Å². The quantitative estimate of drug-likeness (QED) is 0.632. The van der Waals surface area contributed by atoms with E-state index >= 15 is 0 Å². The second-order valence-electron chi connectivity index (χ2n) is 2.96. The molecule has 0 bridgehead atoms. The van der Waals surface area contributed by atoms with E-state index in [1.807, 2.05) is 0 Å². The Hall–Kier alpha value is -0.130.